The molecule has 0 radical (unpaired) electrons. The van der Waals surface area contributed by atoms with Crippen LogP contribution in [0.5, 0.6) is 0 Å². The third kappa shape index (κ3) is 3.41. The Bertz CT molecular complexity index is 470. The monoisotopic (exact) mass is 261 g/mol. The van der Waals surface area contributed by atoms with Gasteiger partial charge in [-0.1, -0.05) is 30.3 Å². The Morgan fingerprint density at radius 2 is 2.00 bits per heavy atom. The minimum absolute atomic E-state index is 0.361. The first-order valence-corrected chi connectivity index (χ1v) is 6.73. The van der Waals surface area contributed by atoms with E-state index in [-0.39, 0.29) is 5.97 Å². The summed E-state index contributed by atoms with van der Waals surface area (Å²) in [7, 11) is 2.19. The number of carbonyl (C=O) groups is 1. The van der Waals surface area contributed by atoms with E-state index in [1.54, 1.807) is 12.1 Å². The fourth-order valence-electron chi connectivity index (χ4n) is 2.35. The van der Waals surface area contributed by atoms with E-state index in [1.165, 1.54) is 4.90 Å². The summed E-state index contributed by atoms with van der Waals surface area (Å²) < 4.78 is 0. The van der Waals surface area contributed by atoms with Crippen LogP contribution in [0.4, 0.5) is 0 Å². The van der Waals surface area contributed by atoms with Gasteiger partial charge in [0, 0.05) is 12.3 Å². The maximum absolute atomic E-state index is 11.8. The van der Waals surface area contributed by atoms with Gasteiger partial charge in [0.25, 0.3) is 0 Å². The molecule has 1 aromatic rings. The summed E-state index contributed by atoms with van der Waals surface area (Å²) in [5, 5.41) is 4.08. The standard InChI is InChI=1S/C15H20N2O2/c1-11-10-17(3)12(2)9-14(11)16-19-15(18)13-7-5-4-6-8-13/h4-8,11-12H,9-10H2,1-3H3/p+1/b16-14+/t11-,12+/m1/s1. The number of quaternary nitrogens is 1. The van der Waals surface area contributed by atoms with Crippen LogP contribution < -0.4 is 4.90 Å². The van der Waals surface area contributed by atoms with E-state index in [0.717, 1.165) is 18.7 Å². The number of rotatable bonds is 2. The third-order valence-corrected chi connectivity index (χ3v) is 3.81. The average molecular weight is 261 g/mol. The zero-order chi connectivity index (χ0) is 13.8. The molecule has 1 unspecified atom stereocenters. The Morgan fingerprint density at radius 3 is 2.68 bits per heavy atom. The van der Waals surface area contributed by atoms with E-state index in [1.807, 2.05) is 18.2 Å². The summed E-state index contributed by atoms with van der Waals surface area (Å²) in [6.45, 7) is 5.35. The molecule has 0 bridgehead atoms. The van der Waals surface area contributed by atoms with Gasteiger partial charge in [-0.25, -0.2) is 4.79 Å². The summed E-state index contributed by atoms with van der Waals surface area (Å²) in [4.78, 5) is 18.4. The first-order chi connectivity index (χ1) is 9.08. The molecular weight excluding hydrogens is 240 g/mol. The molecule has 3 atom stereocenters. The van der Waals surface area contributed by atoms with E-state index in [2.05, 4.69) is 26.1 Å². The lowest BCUT2D eigenvalue weighted by molar-refractivity contribution is -0.908. The van der Waals surface area contributed by atoms with Crippen LogP contribution in [0.1, 0.15) is 30.6 Å². The van der Waals surface area contributed by atoms with Gasteiger partial charge in [-0.3, -0.25) is 0 Å². The van der Waals surface area contributed by atoms with Gasteiger partial charge in [0.05, 0.1) is 30.9 Å². The lowest BCUT2D eigenvalue weighted by atomic mass is 9.93. The summed E-state index contributed by atoms with van der Waals surface area (Å²) in [6.07, 6.45) is 0.884. The second-order valence-corrected chi connectivity index (χ2v) is 5.38. The molecule has 0 spiro atoms. The number of nitrogens with zero attached hydrogens (tertiary/aromatic N) is 1. The van der Waals surface area contributed by atoms with Gasteiger partial charge in [-0.05, 0) is 19.1 Å². The predicted octanol–water partition coefficient (Wildman–Crippen LogP) is 1.14. The number of piperidine rings is 1. The molecule has 1 saturated heterocycles. The van der Waals surface area contributed by atoms with Crippen molar-refractivity contribution in [2.45, 2.75) is 26.3 Å². The van der Waals surface area contributed by atoms with E-state index < -0.39 is 0 Å². The lowest BCUT2D eigenvalue weighted by Crippen LogP contribution is -3.14. The van der Waals surface area contributed by atoms with Crippen molar-refractivity contribution in [3.63, 3.8) is 0 Å². The highest BCUT2D eigenvalue weighted by Gasteiger charge is 2.29. The van der Waals surface area contributed by atoms with Crippen LogP contribution in [0.2, 0.25) is 0 Å². The van der Waals surface area contributed by atoms with Gasteiger partial charge >= 0.3 is 5.97 Å². The fourth-order valence-corrected chi connectivity index (χ4v) is 2.35. The van der Waals surface area contributed by atoms with Crippen molar-refractivity contribution in [1.82, 2.24) is 0 Å². The van der Waals surface area contributed by atoms with Gasteiger partial charge in [0.1, 0.15) is 0 Å². The zero-order valence-electron chi connectivity index (χ0n) is 11.7. The third-order valence-electron chi connectivity index (χ3n) is 3.81. The number of oxime groups is 1. The molecule has 0 aliphatic carbocycles. The Morgan fingerprint density at radius 1 is 1.32 bits per heavy atom. The summed E-state index contributed by atoms with van der Waals surface area (Å²) >= 11 is 0. The number of hydrogen-bond acceptors (Lipinski definition) is 3. The first-order valence-electron chi connectivity index (χ1n) is 6.73. The molecule has 0 amide bonds. The Kier molecular flexibility index (Phi) is 4.32. The second-order valence-electron chi connectivity index (χ2n) is 5.38. The summed E-state index contributed by atoms with van der Waals surface area (Å²) in [6, 6.07) is 9.47. The number of benzene rings is 1. The Labute approximate surface area is 114 Å². The van der Waals surface area contributed by atoms with Crippen LogP contribution in [0.15, 0.2) is 35.5 Å². The summed E-state index contributed by atoms with van der Waals surface area (Å²) in [5.74, 6) is -0.0287. The Balaban J connectivity index is 2.00. The maximum atomic E-state index is 11.8. The van der Waals surface area contributed by atoms with E-state index in [0.29, 0.717) is 17.5 Å². The number of likely N-dealkylation sites (tertiary alicyclic amines) is 1. The number of nitrogens with one attached hydrogen (secondary N) is 1. The molecule has 2 rings (SSSR count). The molecular formula is C15H21N2O2+. The Hall–Kier alpha value is -1.68. The van der Waals surface area contributed by atoms with Crippen molar-refractivity contribution in [1.29, 1.82) is 0 Å². The largest absolute Gasteiger partial charge is 0.365 e. The van der Waals surface area contributed by atoms with E-state index in [4.69, 9.17) is 4.84 Å². The molecule has 0 aromatic heterocycles. The normalized spacial score (nSPS) is 29.2. The van der Waals surface area contributed by atoms with Crippen LogP contribution in [0, 0.1) is 5.92 Å². The lowest BCUT2D eigenvalue weighted by Gasteiger charge is -2.31. The zero-order valence-corrected chi connectivity index (χ0v) is 11.7. The van der Waals surface area contributed by atoms with Crippen molar-refractivity contribution in [2.24, 2.45) is 11.1 Å². The summed E-state index contributed by atoms with van der Waals surface area (Å²) in [5.41, 5.74) is 1.52. The van der Waals surface area contributed by atoms with Gasteiger partial charge in [0.2, 0.25) is 0 Å². The molecule has 1 aliphatic heterocycles. The molecule has 1 aromatic carbocycles. The van der Waals surface area contributed by atoms with Crippen molar-refractivity contribution < 1.29 is 14.5 Å². The number of carbonyl (C=O) groups excluding carboxylic acids is 1. The van der Waals surface area contributed by atoms with E-state index >= 15 is 0 Å². The van der Waals surface area contributed by atoms with Gasteiger partial charge in [0.15, 0.2) is 0 Å². The van der Waals surface area contributed by atoms with Crippen molar-refractivity contribution in [3.8, 4) is 0 Å². The van der Waals surface area contributed by atoms with Gasteiger partial charge < -0.3 is 9.74 Å². The average Bonchev–Trinajstić information content (AvgIpc) is 2.42. The number of hydrogen-bond donors (Lipinski definition) is 1. The van der Waals surface area contributed by atoms with Gasteiger partial charge in [-0.15, -0.1) is 0 Å². The van der Waals surface area contributed by atoms with Crippen LogP contribution in [-0.4, -0.2) is 31.3 Å². The topological polar surface area (TPSA) is 43.1 Å². The molecule has 1 fully saturated rings. The van der Waals surface area contributed by atoms with E-state index in [9.17, 15) is 4.79 Å². The fraction of sp³-hybridized carbons (Fsp3) is 0.467. The molecule has 19 heavy (non-hydrogen) atoms. The molecule has 0 saturated carbocycles. The smallest absolute Gasteiger partial charge is 0.334 e. The molecule has 4 nitrogen and oxygen atoms in total. The minimum atomic E-state index is -0.390. The molecule has 4 heteroatoms. The van der Waals surface area contributed by atoms with Crippen molar-refractivity contribution >= 4 is 11.7 Å². The van der Waals surface area contributed by atoms with Crippen LogP contribution in [-0.2, 0) is 4.84 Å². The second kappa shape index (κ2) is 5.97. The first kappa shape index (κ1) is 13.7. The van der Waals surface area contributed by atoms with Crippen molar-refractivity contribution in [3.05, 3.63) is 35.9 Å². The minimum Gasteiger partial charge on any atom is -0.334 e. The molecule has 1 aliphatic rings. The van der Waals surface area contributed by atoms with Crippen LogP contribution >= 0.6 is 0 Å². The SMILES string of the molecule is C[C@@H]1C[NH+](C)[C@@H](C)C/C1=N\OC(=O)c1ccccc1. The molecule has 1 heterocycles. The highest BCUT2D eigenvalue weighted by molar-refractivity contribution is 5.91. The van der Waals surface area contributed by atoms with Crippen molar-refractivity contribution in [2.75, 3.05) is 13.6 Å². The predicted molar refractivity (Wildman–Crippen MR) is 74.3 cm³/mol. The highest BCUT2D eigenvalue weighted by Crippen LogP contribution is 2.09. The van der Waals surface area contributed by atoms with Crippen LogP contribution in [0.3, 0.4) is 0 Å². The quantitative estimate of drug-likeness (QED) is 0.641. The molecule has 102 valence electrons. The molecule has 1 N–H and O–H groups in total. The van der Waals surface area contributed by atoms with Gasteiger partial charge in [-0.2, -0.15) is 0 Å². The highest BCUT2D eigenvalue weighted by atomic mass is 16.7. The maximum Gasteiger partial charge on any atom is 0.365 e. The van der Waals surface area contributed by atoms with Crippen LogP contribution in [0.25, 0.3) is 0 Å².